The van der Waals surface area contributed by atoms with Crippen molar-refractivity contribution >= 4 is 38.5 Å². The van der Waals surface area contributed by atoms with Crippen molar-refractivity contribution in [3.05, 3.63) is 53.9 Å². The summed E-state index contributed by atoms with van der Waals surface area (Å²) in [4.78, 5) is 27.6. The topological polar surface area (TPSA) is 118 Å². The summed E-state index contributed by atoms with van der Waals surface area (Å²) in [5.74, 6) is 0.0472. The molecule has 0 bridgehead atoms. The van der Waals surface area contributed by atoms with Gasteiger partial charge in [0.25, 0.3) is 0 Å². The van der Waals surface area contributed by atoms with E-state index in [1.54, 1.807) is 25.1 Å². The monoisotopic (exact) mass is 401 g/mol. The molecule has 3 aromatic rings. The second kappa shape index (κ2) is 7.91. The summed E-state index contributed by atoms with van der Waals surface area (Å²) in [5, 5.41) is 2.70. The number of hydrogen-bond acceptors (Lipinski definition) is 6. The molecule has 1 aromatic heterocycles. The lowest BCUT2D eigenvalue weighted by Gasteiger charge is -2.08. The highest BCUT2D eigenvalue weighted by atomic mass is 32.2. The maximum Gasteiger partial charge on any atom is 0.240 e. The summed E-state index contributed by atoms with van der Waals surface area (Å²) in [6.07, 6.45) is -0.0410. The molecule has 1 amide bonds. The van der Waals surface area contributed by atoms with Crippen molar-refractivity contribution in [2.24, 2.45) is 0 Å². The highest BCUT2D eigenvalue weighted by Gasteiger charge is 2.15. The van der Waals surface area contributed by atoms with Crippen LogP contribution in [0.2, 0.25) is 0 Å². The summed E-state index contributed by atoms with van der Waals surface area (Å²) >= 11 is 0. The van der Waals surface area contributed by atoms with E-state index in [1.165, 1.54) is 31.2 Å². The maximum atomic E-state index is 12.3. The molecule has 2 aromatic carbocycles. The normalized spacial score (nSPS) is 11.5. The van der Waals surface area contributed by atoms with Gasteiger partial charge in [0.15, 0.2) is 17.3 Å². The predicted molar refractivity (Wildman–Crippen MR) is 104 cm³/mol. The number of rotatable bonds is 7. The first-order valence-electron chi connectivity index (χ1n) is 8.52. The zero-order chi connectivity index (χ0) is 20.3. The molecule has 0 aliphatic heterocycles. The van der Waals surface area contributed by atoms with Crippen LogP contribution in [0.5, 0.6) is 0 Å². The van der Waals surface area contributed by atoms with Crippen molar-refractivity contribution in [3.8, 4) is 0 Å². The van der Waals surface area contributed by atoms with Crippen molar-refractivity contribution in [2.45, 2.75) is 25.2 Å². The largest absolute Gasteiger partial charge is 0.441 e. The van der Waals surface area contributed by atoms with Crippen molar-refractivity contribution in [2.75, 3.05) is 11.9 Å². The summed E-state index contributed by atoms with van der Waals surface area (Å²) in [6, 6.07) is 10.7. The number of nitrogens with zero attached hydrogens (tertiary/aromatic N) is 1. The number of fused-ring (bicyclic) bond motifs is 1. The van der Waals surface area contributed by atoms with Crippen LogP contribution in [-0.4, -0.2) is 31.6 Å². The van der Waals surface area contributed by atoms with Gasteiger partial charge in [0.2, 0.25) is 15.9 Å². The molecule has 0 aliphatic rings. The van der Waals surface area contributed by atoms with Gasteiger partial charge >= 0.3 is 0 Å². The van der Waals surface area contributed by atoms with Crippen LogP contribution >= 0.6 is 0 Å². The van der Waals surface area contributed by atoms with Gasteiger partial charge in [-0.25, -0.2) is 18.1 Å². The average Bonchev–Trinajstić information content (AvgIpc) is 3.01. The minimum absolute atomic E-state index is 0.0322. The Balaban J connectivity index is 1.55. The van der Waals surface area contributed by atoms with Gasteiger partial charge in [0, 0.05) is 31.1 Å². The van der Waals surface area contributed by atoms with E-state index in [4.69, 9.17) is 4.42 Å². The molecule has 1 heterocycles. The van der Waals surface area contributed by atoms with E-state index in [9.17, 15) is 18.0 Å². The number of aromatic nitrogens is 1. The summed E-state index contributed by atoms with van der Waals surface area (Å²) in [5.41, 5.74) is 2.23. The Labute approximate surface area is 162 Å². The van der Waals surface area contributed by atoms with Crippen LogP contribution in [0.3, 0.4) is 0 Å². The Kier molecular flexibility index (Phi) is 5.57. The van der Waals surface area contributed by atoms with Crippen molar-refractivity contribution in [3.63, 3.8) is 0 Å². The van der Waals surface area contributed by atoms with Gasteiger partial charge in [0.05, 0.1) is 4.90 Å². The number of ketones is 1. The molecule has 8 nitrogen and oxygen atoms in total. The van der Waals surface area contributed by atoms with E-state index < -0.39 is 10.0 Å². The van der Waals surface area contributed by atoms with Gasteiger partial charge in [-0.05, 0) is 37.3 Å². The third-order valence-electron chi connectivity index (χ3n) is 3.99. The quantitative estimate of drug-likeness (QED) is 0.588. The Morgan fingerprint density at radius 3 is 2.50 bits per heavy atom. The van der Waals surface area contributed by atoms with E-state index in [0.717, 1.165) is 0 Å². The van der Waals surface area contributed by atoms with Gasteiger partial charge in [0.1, 0.15) is 5.52 Å². The number of amides is 1. The second-order valence-electron chi connectivity index (χ2n) is 6.19. The van der Waals surface area contributed by atoms with Gasteiger partial charge < -0.3 is 9.73 Å². The van der Waals surface area contributed by atoms with Crippen molar-refractivity contribution in [1.29, 1.82) is 0 Å². The zero-order valence-electron chi connectivity index (χ0n) is 15.4. The van der Waals surface area contributed by atoms with Gasteiger partial charge in [-0.3, -0.25) is 9.59 Å². The first kappa shape index (κ1) is 19.7. The third kappa shape index (κ3) is 4.62. The summed E-state index contributed by atoms with van der Waals surface area (Å²) in [7, 11) is -3.76. The number of oxazole rings is 1. The van der Waals surface area contributed by atoms with Crippen LogP contribution in [0.1, 0.15) is 29.6 Å². The maximum absolute atomic E-state index is 12.3. The van der Waals surface area contributed by atoms with E-state index in [0.29, 0.717) is 28.2 Å². The standard InChI is InChI=1S/C19H19N3O5S/c1-12(23)14-3-6-16(7-4-14)28(25,26)20-10-9-19(24)22-15-5-8-18-17(11-15)21-13(2)27-18/h3-8,11,20H,9-10H2,1-2H3,(H,22,24). The number of benzene rings is 2. The minimum atomic E-state index is -3.76. The number of carbonyl (C=O) groups excluding carboxylic acids is 2. The van der Waals surface area contributed by atoms with Gasteiger partial charge in [-0.2, -0.15) is 0 Å². The lowest BCUT2D eigenvalue weighted by atomic mass is 10.2. The van der Waals surface area contributed by atoms with Gasteiger partial charge in [-0.1, -0.05) is 12.1 Å². The SMILES string of the molecule is CC(=O)c1ccc(S(=O)(=O)NCCC(=O)Nc2ccc3oc(C)nc3c2)cc1. The zero-order valence-corrected chi connectivity index (χ0v) is 16.2. The van der Waals surface area contributed by atoms with Crippen LogP contribution in [0, 0.1) is 6.92 Å². The molecular formula is C19H19N3O5S. The molecule has 0 aliphatic carbocycles. The highest BCUT2D eigenvalue weighted by molar-refractivity contribution is 7.89. The number of hydrogen-bond donors (Lipinski definition) is 2. The van der Waals surface area contributed by atoms with Crippen LogP contribution in [-0.2, 0) is 14.8 Å². The number of Topliss-reactive ketones (excluding diaryl/α,β-unsaturated/α-hetero) is 1. The fraction of sp³-hybridized carbons (Fsp3) is 0.211. The lowest BCUT2D eigenvalue weighted by molar-refractivity contribution is -0.116. The van der Waals surface area contributed by atoms with E-state index >= 15 is 0 Å². The molecule has 0 unspecified atom stereocenters. The predicted octanol–water partition coefficient (Wildman–Crippen LogP) is 2.65. The molecule has 2 N–H and O–H groups in total. The Bertz CT molecular complexity index is 1130. The molecule has 0 atom stereocenters. The van der Waals surface area contributed by atoms with E-state index in [-0.39, 0.29) is 29.6 Å². The summed E-state index contributed by atoms with van der Waals surface area (Å²) in [6.45, 7) is 3.08. The molecule has 0 radical (unpaired) electrons. The van der Waals surface area contributed by atoms with Crippen molar-refractivity contribution < 1.29 is 22.4 Å². The van der Waals surface area contributed by atoms with Crippen LogP contribution in [0.25, 0.3) is 11.1 Å². The Morgan fingerprint density at radius 2 is 1.82 bits per heavy atom. The summed E-state index contributed by atoms with van der Waals surface area (Å²) < 4.78 is 32.3. The first-order chi connectivity index (χ1) is 13.2. The number of aryl methyl sites for hydroxylation is 1. The number of nitrogens with one attached hydrogen (secondary N) is 2. The molecular weight excluding hydrogens is 382 g/mol. The van der Waals surface area contributed by atoms with Crippen LogP contribution in [0.4, 0.5) is 5.69 Å². The smallest absolute Gasteiger partial charge is 0.240 e. The molecule has 3 rings (SSSR count). The lowest BCUT2D eigenvalue weighted by Crippen LogP contribution is -2.27. The van der Waals surface area contributed by atoms with Gasteiger partial charge in [-0.15, -0.1) is 0 Å². The molecule has 9 heteroatoms. The molecule has 146 valence electrons. The number of carbonyl (C=O) groups is 2. The average molecular weight is 401 g/mol. The third-order valence-corrected chi connectivity index (χ3v) is 5.47. The fourth-order valence-corrected chi connectivity index (χ4v) is 3.63. The van der Waals surface area contributed by atoms with E-state index in [2.05, 4.69) is 15.0 Å². The van der Waals surface area contributed by atoms with Crippen LogP contribution in [0.15, 0.2) is 51.8 Å². The highest BCUT2D eigenvalue weighted by Crippen LogP contribution is 2.19. The van der Waals surface area contributed by atoms with Crippen LogP contribution < -0.4 is 10.0 Å². The first-order valence-corrected chi connectivity index (χ1v) is 10.0. The number of sulfonamides is 1. The molecule has 0 fully saturated rings. The molecule has 28 heavy (non-hydrogen) atoms. The molecule has 0 spiro atoms. The minimum Gasteiger partial charge on any atom is -0.441 e. The van der Waals surface area contributed by atoms with Crippen molar-refractivity contribution in [1.82, 2.24) is 9.71 Å². The fourth-order valence-electron chi connectivity index (χ4n) is 2.59. The molecule has 0 saturated heterocycles. The number of anilines is 1. The Hall–Kier alpha value is -3.04. The second-order valence-corrected chi connectivity index (χ2v) is 7.96. The van der Waals surface area contributed by atoms with E-state index in [1.807, 2.05) is 0 Å². The molecule has 0 saturated carbocycles. The Morgan fingerprint density at radius 1 is 1.11 bits per heavy atom.